The van der Waals surface area contributed by atoms with Gasteiger partial charge >= 0.3 is 0 Å². The first kappa shape index (κ1) is 16.4. The van der Waals surface area contributed by atoms with E-state index in [4.69, 9.17) is 11.6 Å². The maximum absolute atomic E-state index is 12.3. The van der Waals surface area contributed by atoms with Crippen LogP contribution in [-0.2, 0) is 12.0 Å². The smallest absolute Gasteiger partial charge is 0.270 e. The standard InChI is InChI=1S/C17H15ClN2O4/c18-15-6-5-12(20(23)24)9-13(15)16(21)19-10-17(22)8-7-11-3-1-2-4-14(11)17/h1-6,9,22H,7-8,10H2,(H,19,21). The first-order valence-electron chi connectivity index (χ1n) is 7.44. The Kier molecular flexibility index (Phi) is 4.26. The van der Waals surface area contributed by atoms with Crippen molar-refractivity contribution in [2.45, 2.75) is 18.4 Å². The van der Waals surface area contributed by atoms with Crippen LogP contribution in [0.3, 0.4) is 0 Å². The Bertz CT molecular complexity index is 824. The highest BCUT2D eigenvalue weighted by Gasteiger charge is 2.36. The lowest BCUT2D eigenvalue weighted by atomic mass is 9.96. The number of nitro groups is 1. The first-order valence-corrected chi connectivity index (χ1v) is 7.81. The predicted octanol–water partition coefficient (Wildman–Crippen LogP) is 2.81. The summed E-state index contributed by atoms with van der Waals surface area (Å²) in [4.78, 5) is 22.6. The number of fused-ring (bicyclic) bond motifs is 1. The molecule has 0 aromatic heterocycles. The number of hydrogen-bond donors (Lipinski definition) is 2. The lowest BCUT2D eigenvalue weighted by molar-refractivity contribution is -0.384. The van der Waals surface area contributed by atoms with Crippen molar-refractivity contribution in [3.8, 4) is 0 Å². The van der Waals surface area contributed by atoms with Crippen LogP contribution in [0.5, 0.6) is 0 Å². The van der Waals surface area contributed by atoms with Gasteiger partial charge < -0.3 is 10.4 Å². The number of nitrogens with zero attached hydrogens (tertiary/aromatic N) is 1. The fraction of sp³-hybridized carbons (Fsp3) is 0.235. The minimum absolute atomic E-state index is 0.0146. The van der Waals surface area contributed by atoms with E-state index in [1.54, 1.807) is 0 Å². The molecule has 24 heavy (non-hydrogen) atoms. The highest BCUT2D eigenvalue weighted by atomic mass is 35.5. The largest absolute Gasteiger partial charge is 0.383 e. The monoisotopic (exact) mass is 346 g/mol. The van der Waals surface area contributed by atoms with E-state index >= 15 is 0 Å². The zero-order valence-corrected chi connectivity index (χ0v) is 13.4. The van der Waals surface area contributed by atoms with Crippen molar-refractivity contribution in [3.63, 3.8) is 0 Å². The lowest BCUT2D eigenvalue weighted by Gasteiger charge is -2.24. The van der Waals surface area contributed by atoms with Crippen LogP contribution in [0.1, 0.15) is 27.9 Å². The zero-order chi connectivity index (χ0) is 17.3. The molecule has 1 atom stereocenters. The maximum Gasteiger partial charge on any atom is 0.270 e. The molecule has 1 amide bonds. The second-order valence-corrected chi connectivity index (χ2v) is 6.20. The summed E-state index contributed by atoms with van der Waals surface area (Å²) in [6.45, 7) is 0.0157. The third kappa shape index (κ3) is 2.98. The van der Waals surface area contributed by atoms with Gasteiger partial charge in [-0.25, -0.2) is 0 Å². The Hall–Kier alpha value is -2.44. The van der Waals surface area contributed by atoms with Crippen LogP contribution < -0.4 is 5.32 Å². The number of hydrogen-bond acceptors (Lipinski definition) is 4. The predicted molar refractivity (Wildman–Crippen MR) is 89.1 cm³/mol. The quantitative estimate of drug-likeness (QED) is 0.657. The second-order valence-electron chi connectivity index (χ2n) is 5.79. The van der Waals surface area contributed by atoms with Gasteiger partial charge in [-0.15, -0.1) is 0 Å². The van der Waals surface area contributed by atoms with E-state index in [0.29, 0.717) is 6.42 Å². The Morgan fingerprint density at radius 2 is 2.08 bits per heavy atom. The van der Waals surface area contributed by atoms with Crippen molar-refractivity contribution >= 4 is 23.2 Å². The van der Waals surface area contributed by atoms with E-state index in [1.165, 1.54) is 12.1 Å². The number of amides is 1. The first-order chi connectivity index (χ1) is 11.4. The van der Waals surface area contributed by atoms with E-state index in [9.17, 15) is 20.0 Å². The summed E-state index contributed by atoms with van der Waals surface area (Å²) >= 11 is 5.96. The van der Waals surface area contributed by atoms with E-state index < -0.39 is 16.4 Å². The molecule has 1 unspecified atom stereocenters. The molecular formula is C17H15ClN2O4. The molecule has 0 saturated carbocycles. The number of aliphatic hydroxyl groups is 1. The van der Waals surface area contributed by atoms with Gasteiger partial charge in [0.2, 0.25) is 0 Å². The molecule has 2 aromatic rings. The molecule has 124 valence electrons. The second kappa shape index (κ2) is 6.22. The van der Waals surface area contributed by atoms with Gasteiger partial charge in [0.15, 0.2) is 0 Å². The van der Waals surface area contributed by atoms with Crippen LogP contribution in [0.2, 0.25) is 5.02 Å². The maximum atomic E-state index is 12.3. The Morgan fingerprint density at radius 1 is 1.33 bits per heavy atom. The number of benzene rings is 2. The highest BCUT2D eigenvalue weighted by Crippen LogP contribution is 2.36. The molecule has 3 rings (SSSR count). The van der Waals surface area contributed by atoms with Crippen LogP contribution >= 0.6 is 11.6 Å². The number of nitro benzene ring substituents is 1. The summed E-state index contributed by atoms with van der Waals surface area (Å²) < 4.78 is 0. The Labute approximate surface area is 143 Å². The molecule has 7 heteroatoms. The van der Waals surface area contributed by atoms with Gasteiger partial charge in [-0.3, -0.25) is 14.9 Å². The summed E-state index contributed by atoms with van der Waals surface area (Å²) in [5.41, 5.74) is 0.521. The van der Waals surface area contributed by atoms with Crippen molar-refractivity contribution < 1.29 is 14.8 Å². The van der Waals surface area contributed by atoms with Crippen molar-refractivity contribution in [3.05, 3.63) is 74.3 Å². The minimum atomic E-state index is -1.14. The van der Waals surface area contributed by atoms with E-state index in [0.717, 1.165) is 23.6 Å². The molecule has 0 heterocycles. The van der Waals surface area contributed by atoms with Crippen molar-refractivity contribution in [2.24, 2.45) is 0 Å². The third-order valence-electron chi connectivity index (χ3n) is 4.27. The lowest BCUT2D eigenvalue weighted by Crippen LogP contribution is -2.39. The molecule has 0 spiro atoms. The number of non-ortho nitro benzene ring substituents is 1. The molecule has 2 aromatic carbocycles. The van der Waals surface area contributed by atoms with Crippen LogP contribution in [0, 0.1) is 10.1 Å². The third-order valence-corrected chi connectivity index (χ3v) is 4.60. The molecule has 2 N–H and O–H groups in total. The average molecular weight is 347 g/mol. The highest BCUT2D eigenvalue weighted by molar-refractivity contribution is 6.33. The molecule has 0 bridgehead atoms. The summed E-state index contributed by atoms with van der Waals surface area (Å²) in [6.07, 6.45) is 1.25. The molecule has 1 aliphatic carbocycles. The topological polar surface area (TPSA) is 92.5 Å². The summed E-state index contributed by atoms with van der Waals surface area (Å²) in [6, 6.07) is 11.2. The molecule has 6 nitrogen and oxygen atoms in total. The van der Waals surface area contributed by atoms with E-state index in [1.807, 2.05) is 24.3 Å². The molecule has 1 aliphatic rings. The van der Waals surface area contributed by atoms with Crippen LogP contribution in [0.25, 0.3) is 0 Å². The number of carbonyl (C=O) groups is 1. The summed E-state index contributed by atoms with van der Waals surface area (Å²) in [5.74, 6) is -0.554. The minimum Gasteiger partial charge on any atom is -0.383 e. The summed E-state index contributed by atoms with van der Waals surface area (Å²) in [7, 11) is 0. The number of aryl methyl sites for hydroxylation is 1. The molecular weight excluding hydrogens is 332 g/mol. The fourth-order valence-electron chi connectivity index (χ4n) is 2.97. The number of rotatable bonds is 4. The van der Waals surface area contributed by atoms with Crippen molar-refractivity contribution in [1.82, 2.24) is 5.32 Å². The SMILES string of the molecule is O=C(NCC1(O)CCc2ccccc21)c1cc([N+](=O)[O-])ccc1Cl. The fourth-order valence-corrected chi connectivity index (χ4v) is 3.18. The van der Waals surface area contributed by atoms with Crippen molar-refractivity contribution in [1.29, 1.82) is 0 Å². The Morgan fingerprint density at radius 3 is 2.83 bits per heavy atom. The molecule has 0 radical (unpaired) electrons. The van der Waals surface area contributed by atoms with E-state index in [2.05, 4.69) is 5.32 Å². The van der Waals surface area contributed by atoms with Crippen LogP contribution in [-0.4, -0.2) is 22.5 Å². The molecule has 0 aliphatic heterocycles. The molecule has 0 saturated heterocycles. The normalized spacial score (nSPS) is 18.9. The van der Waals surface area contributed by atoms with Gasteiger partial charge in [0.1, 0.15) is 5.60 Å². The van der Waals surface area contributed by atoms with Gasteiger partial charge in [-0.2, -0.15) is 0 Å². The summed E-state index contributed by atoms with van der Waals surface area (Å²) in [5, 5.41) is 24.4. The van der Waals surface area contributed by atoms with Crippen molar-refractivity contribution in [2.75, 3.05) is 6.54 Å². The van der Waals surface area contributed by atoms with Crippen LogP contribution in [0.15, 0.2) is 42.5 Å². The van der Waals surface area contributed by atoms with E-state index in [-0.39, 0.29) is 22.8 Å². The van der Waals surface area contributed by atoms with Gasteiger partial charge in [0.05, 0.1) is 22.1 Å². The van der Waals surface area contributed by atoms with Crippen LogP contribution in [0.4, 0.5) is 5.69 Å². The number of halogens is 1. The molecule has 0 fully saturated rings. The van der Waals surface area contributed by atoms with Gasteiger partial charge in [0, 0.05) is 12.1 Å². The number of nitrogens with one attached hydrogen (secondary N) is 1. The van der Waals surface area contributed by atoms with Gasteiger partial charge in [-0.1, -0.05) is 35.9 Å². The average Bonchev–Trinajstić information content (AvgIpc) is 2.91. The zero-order valence-electron chi connectivity index (χ0n) is 12.7. The van der Waals surface area contributed by atoms with Gasteiger partial charge in [-0.05, 0) is 30.0 Å². The Balaban J connectivity index is 1.77. The van der Waals surface area contributed by atoms with Gasteiger partial charge in [0.25, 0.3) is 11.6 Å². The number of carbonyl (C=O) groups excluding carboxylic acids is 1.